The highest BCUT2D eigenvalue weighted by atomic mass is 28.4. The lowest BCUT2D eigenvalue weighted by atomic mass is 9.90. The minimum absolute atomic E-state index is 0.0522. The molecule has 2 fully saturated rings. The lowest BCUT2D eigenvalue weighted by molar-refractivity contribution is -0.476. The van der Waals surface area contributed by atoms with Gasteiger partial charge in [0.2, 0.25) is 11.6 Å². The Morgan fingerprint density at radius 1 is 1.05 bits per heavy atom. The van der Waals surface area contributed by atoms with Gasteiger partial charge in [-0.15, -0.1) is 0 Å². The monoisotopic (exact) mass is 339 g/mol. The largest absolute Gasteiger partial charge is 0.681 e. The van der Waals surface area contributed by atoms with Gasteiger partial charge in [0, 0.05) is 34.2 Å². The van der Waals surface area contributed by atoms with Gasteiger partial charge in [-0.05, 0) is 6.92 Å². The van der Waals surface area contributed by atoms with Crippen molar-refractivity contribution >= 4 is 9.05 Å². The molecule has 10 heteroatoms. The van der Waals surface area contributed by atoms with E-state index in [1.54, 1.807) is 0 Å². The predicted octanol–water partition coefficient (Wildman–Crippen LogP) is -0.857. The van der Waals surface area contributed by atoms with Crippen LogP contribution < -0.4 is 0 Å². The first-order chi connectivity index (χ1) is 10.4. The van der Waals surface area contributed by atoms with Crippen molar-refractivity contribution in [3.05, 3.63) is 6.92 Å². The van der Waals surface area contributed by atoms with Crippen molar-refractivity contribution in [3.8, 4) is 0 Å². The van der Waals surface area contributed by atoms with Crippen LogP contribution in [-0.4, -0.2) is 77.8 Å². The second kappa shape index (κ2) is 6.40. The molecule has 2 saturated heterocycles. The number of rotatable bonds is 8. The van der Waals surface area contributed by atoms with E-state index in [1.807, 2.05) is 0 Å². The van der Waals surface area contributed by atoms with Crippen LogP contribution in [0.3, 0.4) is 0 Å². The molecular weight excluding hydrogens is 316 g/mol. The van der Waals surface area contributed by atoms with Crippen molar-refractivity contribution in [2.75, 3.05) is 41.2 Å². The molecule has 3 atom stereocenters. The van der Waals surface area contributed by atoms with Crippen LogP contribution in [-0.2, 0) is 31.9 Å². The summed E-state index contributed by atoms with van der Waals surface area (Å²) in [7, 11) is 0.436. The maximum absolute atomic E-state index is 10.9. The third-order valence-corrected chi connectivity index (χ3v) is 6.02. The molecule has 2 N–H and O–H groups in total. The third kappa shape index (κ3) is 2.53. The normalized spacial score (nSPS) is 39.0. The lowest BCUT2D eigenvalue weighted by Gasteiger charge is -2.52. The van der Waals surface area contributed by atoms with Gasteiger partial charge in [-0.3, -0.25) is 0 Å². The van der Waals surface area contributed by atoms with Gasteiger partial charge in [0.25, 0.3) is 5.79 Å². The molecule has 0 amide bonds. The van der Waals surface area contributed by atoms with E-state index in [9.17, 15) is 10.2 Å². The van der Waals surface area contributed by atoms with Crippen LogP contribution in [0.15, 0.2) is 0 Å². The maximum Gasteiger partial charge on any atom is 0.681 e. The topological polar surface area (TPSA) is 105 Å². The van der Waals surface area contributed by atoms with E-state index in [2.05, 4.69) is 6.92 Å². The molecule has 2 rings (SSSR count). The summed E-state index contributed by atoms with van der Waals surface area (Å²) < 4.78 is 37.4. The maximum atomic E-state index is 10.9. The molecule has 3 unspecified atom stereocenters. The summed E-state index contributed by atoms with van der Waals surface area (Å²) in [5, 5.41) is 21.4. The van der Waals surface area contributed by atoms with E-state index < -0.39 is 26.4 Å². The second-order valence-corrected chi connectivity index (χ2v) is 7.37. The molecule has 129 valence electrons. The molecule has 0 aromatic carbocycles. The average molecular weight is 339 g/mol. The van der Waals surface area contributed by atoms with Crippen LogP contribution in [0, 0.1) is 6.92 Å². The molecule has 0 aromatic heterocycles. The Kier molecular flexibility index (Phi) is 5.29. The Hall–Kier alpha value is -0.143. The fourth-order valence-electron chi connectivity index (χ4n) is 2.65. The van der Waals surface area contributed by atoms with Crippen molar-refractivity contribution in [3.63, 3.8) is 0 Å². The van der Waals surface area contributed by atoms with E-state index >= 15 is 0 Å². The molecule has 0 aromatic rings. The quantitative estimate of drug-likeness (QED) is 0.432. The van der Waals surface area contributed by atoms with Crippen molar-refractivity contribution in [2.24, 2.45) is 0 Å². The molecule has 2 aliphatic heterocycles. The fraction of sp³-hybridized carbons (Fsp3) is 0.917. The second-order valence-electron chi connectivity index (χ2n) is 4.94. The first-order valence-electron chi connectivity index (χ1n) is 6.88. The minimum atomic E-state index is -3.61. The van der Waals surface area contributed by atoms with Gasteiger partial charge in [-0.2, -0.15) is 0 Å². The van der Waals surface area contributed by atoms with Crippen molar-refractivity contribution < 1.29 is 42.1 Å². The van der Waals surface area contributed by atoms with E-state index in [1.165, 1.54) is 21.3 Å². The van der Waals surface area contributed by atoms with Gasteiger partial charge in [-0.25, -0.2) is 0 Å². The molecule has 2 heterocycles. The van der Waals surface area contributed by atoms with E-state index in [4.69, 9.17) is 31.9 Å². The Morgan fingerprint density at radius 3 is 2.00 bits per heavy atom. The van der Waals surface area contributed by atoms with Crippen LogP contribution in [0.5, 0.6) is 0 Å². The highest BCUT2D eigenvalue weighted by Crippen LogP contribution is 2.50. The van der Waals surface area contributed by atoms with Crippen molar-refractivity contribution in [1.82, 2.24) is 0 Å². The summed E-state index contributed by atoms with van der Waals surface area (Å²) in [4.78, 5) is 0. The zero-order chi connectivity index (χ0) is 16.5. The summed E-state index contributed by atoms with van der Waals surface area (Å²) in [5.41, 5.74) is 0. The summed E-state index contributed by atoms with van der Waals surface area (Å²) in [6.07, 6.45) is 0.270. The molecule has 0 saturated carbocycles. The van der Waals surface area contributed by atoms with Gasteiger partial charge >= 0.3 is 9.05 Å². The smallest absolute Gasteiger partial charge is 0.361 e. The summed E-state index contributed by atoms with van der Waals surface area (Å²) >= 11 is 0. The Bertz CT molecular complexity index is 379. The SMILES string of the molecule is [CH2]COC1(O[Si](OC)(OC)OC)CCOC1(O)C1(O)CCO1. The Labute approximate surface area is 130 Å². The van der Waals surface area contributed by atoms with Gasteiger partial charge < -0.3 is 42.1 Å². The number of aliphatic hydroxyl groups is 2. The summed E-state index contributed by atoms with van der Waals surface area (Å²) in [6.45, 7) is 3.90. The van der Waals surface area contributed by atoms with Crippen LogP contribution >= 0.6 is 0 Å². The van der Waals surface area contributed by atoms with Crippen molar-refractivity contribution in [2.45, 2.75) is 30.2 Å². The van der Waals surface area contributed by atoms with Gasteiger partial charge in [0.1, 0.15) is 0 Å². The minimum Gasteiger partial charge on any atom is -0.361 e. The third-order valence-electron chi connectivity index (χ3n) is 3.94. The van der Waals surface area contributed by atoms with Gasteiger partial charge in [-0.1, -0.05) is 0 Å². The molecule has 0 bridgehead atoms. The highest BCUT2D eigenvalue weighted by Gasteiger charge is 2.74. The number of hydrogen-bond acceptors (Lipinski definition) is 9. The zero-order valence-corrected chi connectivity index (χ0v) is 14.0. The van der Waals surface area contributed by atoms with Crippen LogP contribution in [0.4, 0.5) is 0 Å². The van der Waals surface area contributed by atoms with Crippen LogP contribution in [0.1, 0.15) is 12.8 Å². The predicted molar refractivity (Wildman–Crippen MR) is 72.9 cm³/mol. The van der Waals surface area contributed by atoms with E-state index in [0.717, 1.165) is 0 Å². The fourth-order valence-corrected chi connectivity index (χ4v) is 4.10. The van der Waals surface area contributed by atoms with E-state index in [0.29, 0.717) is 0 Å². The molecule has 9 nitrogen and oxygen atoms in total. The number of ether oxygens (including phenoxy) is 3. The molecule has 0 spiro atoms. The van der Waals surface area contributed by atoms with Crippen molar-refractivity contribution in [1.29, 1.82) is 0 Å². The molecule has 22 heavy (non-hydrogen) atoms. The summed E-state index contributed by atoms with van der Waals surface area (Å²) in [5.74, 6) is -6.00. The standard InChI is InChI=1S/C12H23O9Si/c1-5-18-11(21-22(15-2,16-3)17-4)7-9-20-12(11,14)10(13)6-8-19-10/h13-14H,1,5-9H2,2-4H3. The highest BCUT2D eigenvalue weighted by molar-refractivity contribution is 6.53. The van der Waals surface area contributed by atoms with Gasteiger partial charge in [0.15, 0.2) is 0 Å². The first-order valence-corrected chi connectivity index (χ1v) is 8.51. The Balaban J connectivity index is 2.38. The molecule has 0 aliphatic carbocycles. The Morgan fingerprint density at radius 2 is 1.59 bits per heavy atom. The lowest BCUT2D eigenvalue weighted by Crippen LogP contribution is -2.74. The number of hydrogen-bond donors (Lipinski definition) is 2. The van der Waals surface area contributed by atoms with E-state index in [-0.39, 0.29) is 32.7 Å². The summed E-state index contributed by atoms with van der Waals surface area (Å²) in [6, 6.07) is 0. The molecule has 1 radical (unpaired) electrons. The van der Waals surface area contributed by atoms with Crippen LogP contribution in [0.25, 0.3) is 0 Å². The molecule has 2 aliphatic rings. The molecular formula is C12H23O9Si. The zero-order valence-electron chi connectivity index (χ0n) is 13.0. The average Bonchev–Trinajstić information content (AvgIpc) is 2.81. The van der Waals surface area contributed by atoms with Gasteiger partial charge in [0.05, 0.1) is 19.8 Å². The first kappa shape index (κ1) is 18.2. The van der Waals surface area contributed by atoms with Crippen LogP contribution in [0.2, 0.25) is 0 Å².